The predicted molar refractivity (Wildman–Crippen MR) is 128 cm³/mol. The maximum atomic E-state index is 5.51. The van der Waals surface area contributed by atoms with Gasteiger partial charge in [-0.05, 0) is 50.7 Å². The lowest BCUT2D eigenvalue weighted by atomic mass is 9.95. The van der Waals surface area contributed by atoms with E-state index in [2.05, 4.69) is 72.4 Å². The quantitative estimate of drug-likeness (QED) is 0.730. The molecular formula is C25H36N4O2. The largest absolute Gasteiger partial charge is 0.463 e. The second kappa shape index (κ2) is 10.8. The third-order valence-electron chi connectivity index (χ3n) is 5.41. The van der Waals surface area contributed by atoms with Crippen LogP contribution in [-0.4, -0.2) is 36.3 Å². The van der Waals surface area contributed by atoms with Gasteiger partial charge in [0.15, 0.2) is 0 Å². The molecule has 4 rings (SSSR count). The van der Waals surface area contributed by atoms with Crippen LogP contribution in [0, 0.1) is 0 Å². The molecule has 0 aromatic heterocycles. The highest BCUT2D eigenvalue weighted by Crippen LogP contribution is 2.24. The molecule has 31 heavy (non-hydrogen) atoms. The van der Waals surface area contributed by atoms with Gasteiger partial charge in [-0.3, -0.25) is 0 Å². The van der Waals surface area contributed by atoms with Crippen molar-refractivity contribution in [2.45, 2.75) is 58.0 Å². The van der Waals surface area contributed by atoms with Gasteiger partial charge >= 0.3 is 0 Å². The Morgan fingerprint density at radius 3 is 1.35 bits per heavy atom. The van der Waals surface area contributed by atoms with Gasteiger partial charge in [0.1, 0.15) is 13.2 Å². The van der Waals surface area contributed by atoms with Crippen LogP contribution in [0.3, 0.4) is 0 Å². The van der Waals surface area contributed by atoms with Crippen molar-refractivity contribution < 1.29 is 9.47 Å². The van der Waals surface area contributed by atoms with E-state index in [-0.39, 0.29) is 18.5 Å². The van der Waals surface area contributed by atoms with E-state index in [0.717, 1.165) is 25.7 Å². The number of nitrogens with zero attached hydrogens (tertiary/aromatic N) is 2. The van der Waals surface area contributed by atoms with Crippen LogP contribution in [0.5, 0.6) is 0 Å². The predicted octanol–water partition coefficient (Wildman–Crippen LogP) is 4.08. The summed E-state index contributed by atoms with van der Waals surface area (Å²) >= 11 is 0. The number of hydrogen-bond acceptors (Lipinski definition) is 6. The lowest BCUT2D eigenvalue weighted by molar-refractivity contribution is 0.255. The van der Waals surface area contributed by atoms with E-state index in [1.807, 2.05) is 12.1 Å². The summed E-state index contributed by atoms with van der Waals surface area (Å²) in [4.78, 5) is 8.62. The number of amidine groups is 2. The molecule has 0 bridgehead atoms. The van der Waals surface area contributed by atoms with Crippen molar-refractivity contribution in [1.29, 1.82) is 0 Å². The number of hydrogen-bond donors (Lipinski definition) is 2. The first kappa shape index (κ1) is 24.3. The van der Waals surface area contributed by atoms with E-state index < -0.39 is 0 Å². The van der Waals surface area contributed by atoms with Crippen LogP contribution in [0.25, 0.3) is 0 Å². The summed E-state index contributed by atoms with van der Waals surface area (Å²) in [5.74, 6) is 0. The lowest BCUT2D eigenvalue weighted by Gasteiger charge is -2.17. The fourth-order valence-electron chi connectivity index (χ4n) is 3.49. The van der Waals surface area contributed by atoms with Crippen molar-refractivity contribution in [3.05, 3.63) is 71.8 Å². The summed E-state index contributed by atoms with van der Waals surface area (Å²) in [5, 5.41) is 0. The first-order chi connectivity index (χ1) is 14.4. The van der Waals surface area contributed by atoms with Crippen LogP contribution in [0.4, 0.5) is 0 Å². The van der Waals surface area contributed by atoms with E-state index in [4.69, 9.17) is 20.9 Å². The fraction of sp³-hybridized carbons (Fsp3) is 0.440. The van der Waals surface area contributed by atoms with E-state index in [1.54, 1.807) is 0 Å². The summed E-state index contributed by atoms with van der Waals surface area (Å²) in [6, 6.07) is 21.5. The minimum atomic E-state index is -0.139. The van der Waals surface area contributed by atoms with E-state index in [0.29, 0.717) is 25.3 Å². The highest BCUT2D eigenvalue weighted by atomic mass is 16.5. The van der Waals surface area contributed by atoms with E-state index >= 15 is 0 Å². The Labute approximate surface area is 186 Å². The molecule has 168 valence electrons. The Balaban J connectivity index is 0.000000213. The van der Waals surface area contributed by atoms with Gasteiger partial charge in [0.05, 0.1) is 11.1 Å². The highest BCUT2D eigenvalue weighted by Gasteiger charge is 2.31. The van der Waals surface area contributed by atoms with E-state index in [9.17, 15) is 0 Å². The van der Waals surface area contributed by atoms with Crippen LogP contribution < -0.4 is 11.5 Å². The van der Waals surface area contributed by atoms with Gasteiger partial charge < -0.3 is 20.9 Å². The van der Waals surface area contributed by atoms with Crippen LogP contribution in [0.15, 0.2) is 70.6 Å². The van der Waals surface area contributed by atoms with Crippen LogP contribution in [0.1, 0.15) is 45.2 Å². The number of rotatable bonds is 6. The van der Waals surface area contributed by atoms with Gasteiger partial charge in [-0.25, -0.2) is 9.98 Å². The monoisotopic (exact) mass is 424 g/mol. The maximum Gasteiger partial charge on any atom is 0.282 e. The average Bonchev–Trinajstić information content (AvgIpc) is 3.28. The summed E-state index contributed by atoms with van der Waals surface area (Å²) in [7, 11) is 0. The molecule has 6 nitrogen and oxygen atoms in total. The third-order valence-corrected chi connectivity index (χ3v) is 5.41. The van der Waals surface area contributed by atoms with Crippen LogP contribution >= 0.6 is 0 Å². The molecule has 0 aliphatic carbocycles. The Hall–Kier alpha value is -3.02. The van der Waals surface area contributed by atoms with Crippen molar-refractivity contribution in [2.24, 2.45) is 21.5 Å². The van der Waals surface area contributed by atoms with Crippen LogP contribution in [-0.2, 0) is 22.3 Å². The fourth-order valence-corrected chi connectivity index (χ4v) is 3.49. The molecule has 0 radical (unpaired) electrons. The SMILES string of the molecule is C.C[C@@]1(CCc2ccccc2)COC(N)=N1.C[C@]1(CCc2ccccc2)COC(N)=N1. The zero-order valence-corrected chi connectivity index (χ0v) is 17.9. The molecule has 0 spiro atoms. The first-order valence-electron chi connectivity index (χ1n) is 10.4. The molecule has 0 saturated carbocycles. The molecule has 2 aliphatic heterocycles. The van der Waals surface area contributed by atoms with E-state index in [1.165, 1.54) is 11.1 Å². The zero-order chi connectivity index (χ0) is 21.5. The smallest absolute Gasteiger partial charge is 0.282 e. The van der Waals surface area contributed by atoms with Crippen molar-refractivity contribution >= 4 is 12.0 Å². The molecule has 0 unspecified atom stereocenters. The Kier molecular flexibility index (Phi) is 8.48. The zero-order valence-electron chi connectivity index (χ0n) is 17.9. The highest BCUT2D eigenvalue weighted by molar-refractivity contribution is 5.74. The molecule has 4 N–H and O–H groups in total. The number of aliphatic imine (C=N–C) groups is 2. The van der Waals surface area contributed by atoms with Crippen molar-refractivity contribution in [3.8, 4) is 0 Å². The Bertz CT molecular complexity index is 796. The average molecular weight is 425 g/mol. The van der Waals surface area contributed by atoms with Gasteiger partial charge in [-0.15, -0.1) is 0 Å². The second-order valence-corrected chi connectivity index (χ2v) is 8.44. The summed E-state index contributed by atoms with van der Waals surface area (Å²) < 4.78 is 10.4. The Morgan fingerprint density at radius 1 is 0.710 bits per heavy atom. The lowest BCUT2D eigenvalue weighted by Crippen LogP contribution is -2.24. The molecule has 6 heteroatoms. The molecule has 2 aliphatic rings. The molecule has 2 atom stereocenters. The van der Waals surface area contributed by atoms with Gasteiger partial charge in [0.25, 0.3) is 12.0 Å². The molecule has 2 aromatic rings. The number of ether oxygens (including phenoxy) is 2. The van der Waals surface area contributed by atoms with Gasteiger partial charge in [-0.1, -0.05) is 68.1 Å². The van der Waals surface area contributed by atoms with Crippen molar-refractivity contribution in [3.63, 3.8) is 0 Å². The summed E-state index contributed by atoms with van der Waals surface area (Å²) in [6.07, 6.45) is 3.96. The van der Waals surface area contributed by atoms with Gasteiger partial charge in [0, 0.05) is 0 Å². The Morgan fingerprint density at radius 2 is 1.06 bits per heavy atom. The maximum absolute atomic E-state index is 5.51. The molecular weight excluding hydrogens is 388 g/mol. The number of benzene rings is 2. The first-order valence-corrected chi connectivity index (χ1v) is 10.4. The van der Waals surface area contributed by atoms with Gasteiger partial charge in [-0.2, -0.15) is 0 Å². The molecule has 2 heterocycles. The summed E-state index contributed by atoms with van der Waals surface area (Å²) in [5.41, 5.74) is 13.4. The normalized spacial score (nSPS) is 23.9. The number of nitrogens with two attached hydrogens (primary N) is 2. The number of aryl methyl sites for hydroxylation is 2. The molecule has 0 amide bonds. The van der Waals surface area contributed by atoms with Crippen LogP contribution in [0.2, 0.25) is 0 Å². The topological polar surface area (TPSA) is 95.2 Å². The summed E-state index contributed by atoms with van der Waals surface area (Å²) in [6.45, 7) is 5.36. The van der Waals surface area contributed by atoms with Crippen molar-refractivity contribution in [1.82, 2.24) is 0 Å². The molecule has 0 fully saturated rings. The standard InChI is InChI=1S/2C12H16N2O.CH4/c2*1-12(9-15-11(13)14-12)8-7-10-5-3-2-4-6-10;/h2*2-6H,7-9H2,1H3,(H2,13,14);1H4/t2*12-;/m10./s1. The van der Waals surface area contributed by atoms with Gasteiger partial charge in [0.2, 0.25) is 0 Å². The minimum Gasteiger partial charge on any atom is -0.463 e. The van der Waals surface area contributed by atoms with Crippen molar-refractivity contribution in [2.75, 3.05) is 13.2 Å². The molecule has 0 saturated heterocycles. The second-order valence-electron chi connectivity index (χ2n) is 8.44. The minimum absolute atomic E-state index is 0. The third kappa shape index (κ3) is 7.63. The molecule has 2 aromatic carbocycles.